The molecule has 3 N–H and O–H groups in total. The van der Waals surface area contributed by atoms with Crippen LogP contribution in [-0.2, 0) is 4.79 Å². The van der Waals surface area contributed by atoms with Crippen LogP contribution >= 0.6 is 0 Å². The van der Waals surface area contributed by atoms with E-state index in [0.29, 0.717) is 18.9 Å². The summed E-state index contributed by atoms with van der Waals surface area (Å²) in [5.41, 5.74) is 6.95. The average Bonchev–Trinajstić information content (AvgIpc) is 3.01. The minimum atomic E-state index is 0.0189. The predicted molar refractivity (Wildman–Crippen MR) is 80.5 cm³/mol. The minimum absolute atomic E-state index is 0.0189. The molecule has 0 aliphatic heterocycles. The van der Waals surface area contributed by atoms with E-state index in [1.54, 1.807) is 0 Å². The number of aromatic nitrogens is 2. The molecule has 21 heavy (non-hydrogen) atoms. The summed E-state index contributed by atoms with van der Waals surface area (Å²) >= 11 is 0. The summed E-state index contributed by atoms with van der Waals surface area (Å²) in [5.74, 6) is 0.457. The fourth-order valence-electron chi connectivity index (χ4n) is 2.04. The van der Waals surface area contributed by atoms with Gasteiger partial charge in [-0.25, -0.2) is 0 Å². The molecule has 0 aliphatic rings. The highest BCUT2D eigenvalue weighted by Gasteiger charge is 2.06. The number of nitrogens with zero attached hydrogens (tertiary/aromatic N) is 2. The van der Waals surface area contributed by atoms with Crippen molar-refractivity contribution in [3.8, 4) is 11.5 Å². The highest BCUT2D eigenvalue weighted by Crippen LogP contribution is 2.20. The van der Waals surface area contributed by atoms with Gasteiger partial charge in [-0.2, -0.15) is 0 Å². The molecule has 0 spiro atoms. The van der Waals surface area contributed by atoms with Crippen LogP contribution < -0.4 is 11.1 Å². The van der Waals surface area contributed by atoms with Crippen LogP contribution in [0.5, 0.6) is 0 Å². The fourth-order valence-corrected chi connectivity index (χ4v) is 2.04. The Hall–Kier alpha value is -2.21. The first-order valence-electron chi connectivity index (χ1n) is 7.16. The lowest BCUT2D eigenvalue weighted by atomic mass is 10.1. The summed E-state index contributed by atoms with van der Waals surface area (Å²) in [7, 11) is 0. The monoisotopic (exact) mass is 288 g/mol. The molecule has 0 unspecified atom stereocenters. The first-order valence-corrected chi connectivity index (χ1v) is 7.16. The van der Waals surface area contributed by atoms with Gasteiger partial charge in [-0.3, -0.25) is 4.79 Å². The van der Waals surface area contributed by atoms with Crippen molar-refractivity contribution in [1.29, 1.82) is 0 Å². The van der Waals surface area contributed by atoms with E-state index in [2.05, 4.69) is 15.5 Å². The van der Waals surface area contributed by atoms with Gasteiger partial charge < -0.3 is 15.5 Å². The molecule has 1 aromatic heterocycles. The smallest absolute Gasteiger partial charge is 0.247 e. The number of benzene rings is 1. The lowest BCUT2D eigenvalue weighted by molar-refractivity contribution is -0.116. The molecule has 0 radical (unpaired) electrons. The van der Waals surface area contributed by atoms with E-state index in [1.807, 2.05) is 24.3 Å². The van der Waals surface area contributed by atoms with Crippen molar-refractivity contribution in [1.82, 2.24) is 10.2 Å². The quantitative estimate of drug-likeness (QED) is 0.728. The van der Waals surface area contributed by atoms with Crippen LogP contribution in [0.3, 0.4) is 0 Å². The van der Waals surface area contributed by atoms with Gasteiger partial charge in [0.1, 0.15) is 0 Å². The van der Waals surface area contributed by atoms with Gasteiger partial charge in [-0.15, -0.1) is 10.2 Å². The maximum Gasteiger partial charge on any atom is 0.247 e. The van der Waals surface area contributed by atoms with Gasteiger partial charge in [0, 0.05) is 17.7 Å². The molecule has 1 aromatic carbocycles. The fraction of sp³-hybridized carbons (Fsp3) is 0.400. The van der Waals surface area contributed by atoms with Crippen molar-refractivity contribution < 1.29 is 9.21 Å². The Morgan fingerprint density at radius 1 is 1.24 bits per heavy atom. The maximum absolute atomic E-state index is 11.9. The van der Waals surface area contributed by atoms with Crippen LogP contribution in [0.2, 0.25) is 0 Å². The van der Waals surface area contributed by atoms with E-state index in [0.717, 1.165) is 36.9 Å². The summed E-state index contributed by atoms with van der Waals surface area (Å²) in [6.07, 6.45) is 5.82. The Labute approximate surface area is 123 Å². The standard InChI is InChI=1S/C15H20N4O2/c16-9-4-2-1-3-8-14(20)18-13-7-5-6-12(10-13)15-19-17-11-21-15/h5-7,10-11H,1-4,8-9,16H2,(H,18,20). The first kappa shape index (κ1) is 15.2. The Bertz CT molecular complexity index is 555. The number of rotatable bonds is 8. The summed E-state index contributed by atoms with van der Waals surface area (Å²) < 4.78 is 5.14. The summed E-state index contributed by atoms with van der Waals surface area (Å²) in [4.78, 5) is 11.9. The summed E-state index contributed by atoms with van der Waals surface area (Å²) in [5, 5.41) is 10.4. The van der Waals surface area contributed by atoms with E-state index in [1.165, 1.54) is 6.39 Å². The number of unbranched alkanes of at least 4 members (excludes halogenated alkanes) is 3. The first-order chi connectivity index (χ1) is 10.3. The number of anilines is 1. The molecule has 0 bridgehead atoms. The minimum Gasteiger partial charge on any atom is -0.423 e. The number of amides is 1. The molecule has 112 valence electrons. The van der Waals surface area contributed by atoms with Crippen molar-refractivity contribution >= 4 is 11.6 Å². The number of carbonyl (C=O) groups is 1. The highest BCUT2D eigenvalue weighted by atomic mass is 16.4. The number of nitrogens with two attached hydrogens (primary N) is 1. The van der Waals surface area contributed by atoms with Crippen molar-refractivity contribution in [3.63, 3.8) is 0 Å². The second-order valence-corrected chi connectivity index (χ2v) is 4.83. The van der Waals surface area contributed by atoms with Gasteiger partial charge >= 0.3 is 0 Å². The normalized spacial score (nSPS) is 10.5. The van der Waals surface area contributed by atoms with Crippen molar-refractivity contribution in [3.05, 3.63) is 30.7 Å². The summed E-state index contributed by atoms with van der Waals surface area (Å²) in [6.45, 7) is 0.717. The van der Waals surface area contributed by atoms with E-state index in [4.69, 9.17) is 10.2 Å². The molecule has 0 saturated heterocycles. The van der Waals surface area contributed by atoms with E-state index >= 15 is 0 Å². The Kier molecular flexibility index (Phi) is 5.90. The van der Waals surface area contributed by atoms with Gasteiger partial charge in [-0.1, -0.05) is 18.9 Å². The van der Waals surface area contributed by atoms with E-state index < -0.39 is 0 Å². The Morgan fingerprint density at radius 3 is 2.86 bits per heavy atom. The zero-order valence-corrected chi connectivity index (χ0v) is 11.9. The molecule has 6 nitrogen and oxygen atoms in total. The van der Waals surface area contributed by atoms with Crippen LogP contribution in [0.4, 0.5) is 5.69 Å². The van der Waals surface area contributed by atoms with Crippen molar-refractivity contribution in [2.75, 3.05) is 11.9 Å². The number of nitrogens with one attached hydrogen (secondary N) is 1. The number of carbonyl (C=O) groups excluding carboxylic acids is 1. The molecule has 0 fully saturated rings. The third-order valence-electron chi connectivity index (χ3n) is 3.11. The maximum atomic E-state index is 11.9. The molecular formula is C15H20N4O2. The second-order valence-electron chi connectivity index (χ2n) is 4.83. The Balaban J connectivity index is 1.82. The Morgan fingerprint density at radius 2 is 2.10 bits per heavy atom. The molecule has 0 atom stereocenters. The molecule has 0 saturated carbocycles. The van der Waals surface area contributed by atoms with Crippen molar-refractivity contribution in [2.24, 2.45) is 5.73 Å². The third-order valence-corrected chi connectivity index (χ3v) is 3.11. The van der Waals surface area contributed by atoms with Gasteiger partial charge in [0.15, 0.2) is 0 Å². The lowest BCUT2D eigenvalue weighted by Gasteiger charge is -2.06. The highest BCUT2D eigenvalue weighted by molar-refractivity contribution is 5.91. The van der Waals surface area contributed by atoms with Crippen LogP contribution in [-0.4, -0.2) is 22.6 Å². The molecule has 0 aliphatic carbocycles. The van der Waals surface area contributed by atoms with Gasteiger partial charge in [0.05, 0.1) is 0 Å². The van der Waals surface area contributed by atoms with E-state index in [-0.39, 0.29) is 5.91 Å². The van der Waals surface area contributed by atoms with Crippen LogP contribution in [0.25, 0.3) is 11.5 Å². The molecule has 1 amide bonds. The average molecular weight is 288 g/mol. The van der Waals surface area contributed by atoms with Crippen molar-refractivity contribution in [2.45, 2.75) is 32.1 Å². The molecular weight excluding hydrogens is 268 g/mol. The van der Waals surface area contributed by atoms with Gasteiger partial charge in [0.25, 0.3) is 0 Å². The third kappa shape index (κ3) is 5.00. The summed E-state index contributed by atoms with van der Waals surface area (Å²) in [6, 6.07) is 7.36. The van der Waals surface area contributed by atoms with E-state index in [9.17, 15) is 4.79 Å². The SMILES string of the molecule is NCCCCCCC(=O)Nc1cccc(-c2nnco2)c1. The lowest BCUT2D eigenvalue weighted by Crippen LogP contribution is -2.11. The molecule has 1 heterocycles. The van der Waals surface area contributed by atoms with Crippen LogP contribution in [0.15, 0.2) is 35.1 Å². The van der Waals surface area contributed by atoms with Crippen LogP contribution in [0, 0.1) is 0 Å². The van der Waals surface area contributed by atoms with Gasteiger partial charge in [-0.05, 0) is 37.6 Å². The van der Waals surface area contributed by atoms with Gasteiger partial charge in [0.2, 0.25) is 18.2 Å². The molecule has 2 rings (SSSR count). The predicted octanol–water partition coefficient (Wildman–Crippen LogP) is 2.58. The zero-order valence-electron chi connectivity index (χ0n) is 11.9. The number of hydrogen-bond acceptors (Lipinski definition) is 5. The zero-order chi connectivity index (χ0) is 14.9. The van der Waals surface area contributed by atoms with Crippen LogP contribution in [0.1, 0.15) is 32.1 Å². The molecule has 6 heteroatoms. The largest absolute Gasteiger partial charge is 0.423 e. The topological polar surface area (TPSA) is 94.0 Å². The second kappa shape index (κ2) is 8.16. The molecule has 2 aromatic rings. The number of hydrogen-bond donors (Lipinski definition) is 2.